The van der Waals surface area contributed by atoms with E-state index in [1.54, 1.807) is 11.3 Å². The Kier molecular flexibility index (Phi) is 3.93. The van der Waals surface area contributed by atoms with E-state index in [4.69, 9.17) is 5.84 Å². The zero-order valence-electron chi connectivity index (χ0n) is 10.2. The van der Waals surface area contributed by atoms with Crippen molar-refractivity contribution in [1.82, 2.24) is 15.2 Å². The van der Waals surface area contributed by atoms with Crippen LogP contribution < -0.4 is 11.3 Å². The van der Waals surface area contributed by atoms with Crippen LogP contribution in [0.4, 0.5) is 0 Å². The molecule has 1 atom stereocenters. The third kappa shape index (κ3) is 2.74. The first kappa shape index (κ1) is 12.3. The number of nitrogens with two attached hydrogens (primary N) is 1. The number of nitrogens with zero attached hydrogens (tertiary/aromatic N) is 2. The van der Waals surface area contributed by atoms with E-state index in [1.807, 2.05) is 11.7 Å². The van der Waals surface area contributed by atoms with Crippen molar-refractivity contribution >= 4 is 11.3 Å². The van der Waals surface area contributed by atoms with Crippen molar-refractivity contribution in [2.45, 2.75) is 25.8 Å². The Balaban J connectivity index is 2.19. The molecule has 5 heteroatoms. The molecule has 3 N–H and O–H groups in total. The number of hydrogen-bond acceptors (Lipinski definition) is 4. The summed E-state index contributed by atoms with van der Waals surface area (Å²) in [7, 11) is 1.96. The van der Waals surface area contributed by atoms with Crippen molar-refractivity contribution < 1.29 is 0 Å². The summed E-state index contributed by atoms with van der Waals surface area (Å²) in [5.41, 5.74) is 6.42. The van der Waals surface area contributed by atoms with E-state index in [0.29, 0.717) is 0 Å². The van der Waals surface area contributed by atoms with E-state index in [0.717, 1.165) is 24.2 Å². The van der Waals surface area contributed by atoms with Gasteiger partial charge in [0.1, 0.15) is 0 Å². The first-order valence-corrected chi connectivity index (χ1v) is 6.69. The molecule has 1 unspecified atom stereocenters. The number of hydrazine groups is 1. The minimum Gasteiger partial charge on any atom is -0.271 e. The van der Waals surface area contributed by atoms with Crippen LogP contribution >= 0.6 is 11.3 Å². The summed E-state index contributed by atoms with van der Waals surface area (Å²) in [6.07, 6.45) is 1.84. The fourth-order valence-electron chi connectivity index (χ4n) is 1.94. The summed E-state index contributed by atoms with van der Waals surface area (Å²) >= 11 is 1.71. The SMILES string of the molecule is CCc1cc(C(Cc2ccsc2)NN)n(C)n1. The molecule has 2 heterocycles. The largest absolute Gasteiger partial charge is 0.271 e. The van der Waals surface area contributed by atoms with Crippen molar-refractivity contribution in [2.24, 2.45) is 12.9 Å². The summed E-state index contributed by atoms with van der Waals surface area (Å²) in [5.74, 6) is 5.65. The second kappa shape index (κ2) is 5.44. The highest BCUT2D eigenvalue weighted by Crippen LogP contribution is 2.20. The third-order valence-corrected chi connectivity index (χ3v) is 3.64. The number of aromatic nitrogens is 2. The molecule has 0 aliphatic carbocycles. The monoisotopic (exact) mass is 250 g/mol. The fourth-order valence-corrected chi connectivity index (χ4v) is 2.62. The lowest BCUT2D eigenvalue weighted by atomic mass is 10.1. The standard InChI is InChI=1S/C12H18N4S/c1-3-10-7-12(16(2)15-10)11(14-13)6-9-4-5-17-8-9/h4-5,7-8,11,14H,3,6,13H2,1-2H3. The Morgan fingerprint density at radius 1 is 1.59 bits per heavy atom. The molecule has 2 rings (SSSR count). The molecule has 2 aromatic heterocycles. The summed E-state index contributed by atoms with van der Waals surface area (Å²) in [6, 6.07) is 4.37. The Morgan fingerprint density at radius 2 is 2.41 bits per heavy atom. The van der Waals surface area contributed by atoms with Gasteiger partial charge >= 0.3 is 0 Å². The highest BCUT2D eigenvalue weighted by molar-refractivity contribution is 7.07. The number of rotatable bonds is 5. The minimum atomic E-state index is 0.113. The second-order valence-corrected chi connectivity index (χ2v) is 4.87. The molecule has 0 radical (unpaired) electrons. The summed E-state index contributed by atoms with van der Waals surface area (Å²) in [6.45, 7) is 2.11. The van der Waals surface area contributed by atoms with Gasteiger partial charge < -0.3 is 0 Å². The maximum Gasteiger partial charge on any atom is 0.0669 e. The molecule has 0 aliphatic heterocycles. The van der Waals surface area contributed by atoms with Crippen molar-refractivity contribution in [2.75, 3.05) is 0 Å². The number of hydrogen-bond donors (Lipinski definition) is 2. The van der Waals surface area contributed by atoms with Crippen LogP contribution in [-0.2, 0) is 19.9 Å². The van der Waals surface area contributed by atoms with Gasteiger partial charge in [-0.2, -0.15) is 16.4 Å². The van der Waals surface area contributed by atoms with Gasteiger partial charge in [0.25, 0.3) is 0 Å². The van der Waals surface area contributed by atoms with Crippen molar-refractivity contribution in [3.63, 3.8) is 0 Å². The molecule has 17 heavy (non-hydrogen) atoms. The third-order valence-electron chi connectivity index (χ3n) is 2.91. The molecular weight excluding hydrogens is 232 g/mol. The molecule has 0 spiro atoms. The molecule has 0 aliphatic rings. The highest BCUT2D eigenvalue weighted by Gasteiger charge is 2.15. The second-order valence-electron chi connectivity index (χ2n) is 4.09. The van der Waals surface area contributed by atoms with Gasteiger partial charge in [0.15, 0.2) is 0 Å². The normalized spacial score (nSPS) is 12.9. The van der Waals surface area contributed by atoms with Crippen molar-refractivity contribution in [1.29, 1.82) is 0 Å². The smallest absolute Gasteiger partial charge is 0.0669 e. The number of thiophene rings is 1. The molecule has 92 valence electrons. The van der Waals surface area contributed by atoms with Gasteiger partial charge in [0.2, 0.25) is 0 Å². The molecule has 4 nitrogen and oxygen atoms in total. The lowest BCUT2D eigenvalue weighted by molar-refractivity contribution is 0.508. The van der Waals surface area contributed by atoms with Gasteiger partial charge in [0.05, 0.1) is 17.4 Å². The van der Waals surface area contributed by atoms with Crippen LogP contribution in [0.2, 0.25) is 0 Å². The van der Waals surface area contributed by atoms with Gasteiger partial charge in [-0.15, -0.1) is 0 Å². The average Bonchev–Trinajstić information content (AvgIpc) is 2.95. The summed E-state index contributed by atoms with van der Waals surface area (Å²) in [4.78, 5) is 0. The van der Waals surface area contributed by atoms with Gasteiger partial charge in [-0.05, 0) is 41.3 Å². The van der Waals surface area contributed by atoms with E-state index < -0.39 is 0 Å². The fraction of sp³-hybridized carbons (Fsp3) is 0.417. The van der Waals surface area contributed by atoms with E-state index in [1.165, 1.54) is 5.56 Å². The Hall–Kier alpha value is -1.17. The molecule has 0 amide bonds. The lowest BCUT2D eigenvalue weighted by Crippen LogP contribution is -2.31. The van der Waals surface area contributed by atoms with Crippen molar-refractivity contribution in [3.05, 3.63) is 39.8 Å². The Bertz CT molecular complexity index is 461. The average molecular weight is 250 g/mol. The van der Waals surface area contributed by atoms with Crippen LogP contribution in [0.3, 0.4) is 0 Å². The zero-order valence-corrected chi connectivity index (χ0v) is 11.0. The quantitative estimate of drug-likeness (QED) is 0.628. The predicted molar refractivity (Wildman–Crippen MR) is 70.7 cm³/mol. The molecule has 0 bridgehead atoms. The first-order valence-electron chi connectivity index (χ1n) is 5.74. The van der Waals surface area contributed by atoms with E-state index in [2.05, 4.69) is 40.3 Å². The van der Waals surface area contributed by atoms with Crippen LogP contribution in [0.15, 0.2) is 22.9 Å². The van der Waals surface area contributed by atoms with Crippen LogP contribution in [0, 0.1) is 0 Å². The number of aryl methyl sites for hydroxylation is 2. The van der Waals surface area contributed by atoms with Crippen LogP contribution in [0.25, 0.3) is 0 Å². The molecular formula is C12H18N4S. The zero-order chi connectivity index (χ0) is 12.3. The molecule has 0 saturated carbocycles. The molecule has 0 aromatic carbocycles. The topological polar surface area (TPSA) is 55.9 Å². The Morgan fingerprint density at radius 3 is 2.94 bits per heavy atom. The molecule has 2 aromatic rings. The summed E-state index contributed by atoms with van der Waals surface area (Å²) < 4.78 is 1.91. The maximum atomic E-state index is 5.65. The van der Waals surface area contributed by atoms with Gasteiger partial charge in [-0.1, -0.05) is 6.92 Å². The summed E-state index contributed by atoms with van der Waals surface area (Å²) in [5, 5.41) is 8.69. The predicted octanol–water partition coefficient (Wildman–Crippen LogP) is 1.79. The van der Waals surface area contributed by atoms with Crippen LogP contribution in [0.5, 0.6) is 0 Å². The first-order chi connectivity index (χ1) is 8.24. The van der Waals surface area contributed by atoms with Gasteiger partial charge in [0, 0.05) is 7.05 Å². The van der Waals surface area contributed by atoms with E-state index in [-0.39, 0.29) is 6.04 Å². The van der Waals surface area contributed by atoms with Crippen LogP contribution in [0.1, 0.15) is 29.9 Å². The lowest BCUT2D eigenvalue weighted by Gasteiger charge is -2.15. The molecule has 0 saturated heterocycles. The highest BCUT2D eigenvalue weighted by atomic mass is 32.1. The molecule has 0 fully saturated rings. The van der Waals surface area contributed by atoms with Crippen molar-refractivity contribution in [3.8, 4) is 0 Å². The number of nitrogens with one attached hydrogen (secondary N) is 1. The van der Waals surface area contributed by atoms with E-state index >= 15 is 0 Å². The van der Waals surface area contributed by atoms with Gasteiger partial charge in [-0.3, -0.25) is 16.0 Å². The van der Waals surface area contributed by atoms with Crippen LogP contribution in [-0.4, -0.2) is 9.78 Å². The van der Waals surface area contributed by atoms with E-state index in [9.17, 15) is 0 Å². The Labute approximate surface area is 105 Å². The minimum absolute atomic E-state index is 0.113. The maximum absolute atomic E-state index is 5.65. The van der Waals surface area contributed by atoms with Gasteiger partial charge in [-0.25, -0.2) is 0 Å².